The topological polar surface area (TPSA) is 69.4 Å². The molecule has 2 amide bonds. The van der Waals surface area contributed by atoms with Crippen molar-refractivity contribution in [2.24, 2.45) is 5.10 Å². The van der Waals surface area contributed by atoms with E-state index in [0.717, 1.165) is 11.3 Å². The second-order valence-corrected chi connectivity index (χ2v) is 7.75. The van der Waals surface area contributed by atoms with Gasteiger partial charge in [-0.2, -0.15) is 5.10 Å². The van der Waals surface area contributed by atoms with Crippen LogP contribution in [-0.2, 0) is 9.59 Å². The number of nitrogens with zero attached hydrogens (tertiary/aromatic N) is 4. The maximum absolute atomic E-state index is 13.1. The molecule has 3 heterocycles. The van der Waals surface area contributed by atoms with Crippen molar-refractivity contribution in [3.05, 3.63) is 59.0 Å². The summed E-state index contributed by atoms with van der Waals surface area (Å²) in [5.41, 5.74) is 1.77. The molecule has 29 heavy (non-hydrogen) atoms. The fraction of sp³-hybridized carbons (Fsp3) is 0.381. The molecule has 152 valence electrons. The molecule has 0 bridgehead atoms. The fourth-order valence-electron chi connectivity index (χ4n) is 3.74. The van der Waals surface area contributed by atoms with Gasteiger partial charge in [0, 0.05) is 44.5 Å². The number of amides is 2. The van der Waals surface area contributed by atoms with Gasteiger partial charge in [-0.15, -0.1) is 0 Å². The van der Waals surface area contributed by atoms with Gasteiger partial charge in [-0.05, 0) is 29.8 Å². The zero-order valence-electron chi connectivity index (χ0n) is 16.3. The Balaban J connectivity index is 1.49. The van der Waals surface area contributed by atoms with Crippen LogP contribution in [-0.4, -0.2) is 65.1 Å². The molecule has 0 N–H and O–H groups in total. The number of hydrogen-bond acceptors (Lipinski definition) is 5. The quantitative estimate of drug-likeness (QED) is 0.771. The second-order valence-electron chi connectivity index (χ2n) is 7.31. The first-order valence-corrected chi connectivity index (χ1v) is 10.1. The lowest BCUT2D eigenvalue weighted by atomic mass is 10.0. The third kappa shape index (κ3) is 4.36. The van der Waals surface area contributed by atoms with Crippen LogP contribution in [0.5, 0.6) is 0 Å². The van der Waals surface area contributed by atoms with Gasteiger partial charge in [0.05, 0.1) is 18.5 Å². The molecule has 7 nitrogen and oxygen atoms in total. The lowest BCUT2D eigenvalue weighted by Crippen LogP contribution is -2.50. The SMILES string of the molecule is CC(=O)N1CCN(CC(=O)N2N=C(c3ccc(Cl)cc3)CC2c2ccco2)CC1. The van der Waals surface area contributed by atoms with Gasteiger partial charge in [0.2, 0.25) is 5.91 Å². The lowest BCUT2D eigenvalue weighted by molar-refractivity contribution is -0.135. The summed E-state index contributed by atoms with van der Waals surface area (Å²) < 4.78 is 5.59. The summed E-state index contributed by atoms with van der Waals surface area (Å²) in [6.45, 7) is 4.48. The van der Waals surface area contributed by atoms with Crippen LogP contribution >= 0.6 is 11.6 Å². The predicted octanol–water partition coefficient (Wildman–Crippen LogP) is 2.77. The number of carbonyl (C=O) groups is 2. The van der Waals surface area contributed by atoms with E-state index in [1.54, 1.807) is 23.1 Å². The molecule has 2 aliphatic heterocycles. The number of hydrogen-bond donors (Lipinski definition) is 0. The molecular formula is C21H23ClN4O3. The van der Waals surface area contributed by atoms with Crippen molar-refractivity contribution in [1.82, 2.24) is 14.8 Å². The number of rotatable bonds is 4. The highest BCUT2D eigenvalue weighted by molar-refractivity contribution is 6.30. The minimum atomic E-state index is -0.262. The molecule has 1 aromatic heterocycles. The van der Waals surface area contributed by atoms with E-state index in [1.807, 2.05) is 36.4 Å². The Kier molecular flexibility index (Phi) is 5.69. The zero-order valence-corrected chi connectivity index (χ0v) is 17.0. The highest BCUT2D eigenvalue weighted by Gasteiger charge is 2.35. The van der Waals surface area contributed by atoms with Crippen molar-refractivity contribution in [2.45, 2.75) is 19.4 Å². The third-order valence-corrected chi connectivity index (χ3v) is 5.64. The predicted molar refractivity (Wildman–Crippen MR) is 110 cm³/mol. The average Bonchev–Trinajstić information content (AvgIpc) is 3.39. The summed E-state index contributed by atoms with van der Waals surface area (Å²) in [7, 11) is 0. The summed E-state index contributed by atoms with van der Waals surface area (Å²) >= 11 is 6.00. The number of hydrazone groups is 1. The van der Waals surface area contributed by atoms with Gasteiger partial charge >= 0.3 is 0 Å². The van der Waals surface area contributed by atoms with Crippen LogP contribution in [0.15, 0.2) is 52.2 Å². The standard InChI is InChI=1S/C21H23ClN4O3/c1-15(27)25-10-8-24(9-11-25)14-21(28)26-19(20-3-2-12-29-20)13-18(23-26)16-4-6-17(22)7-5-16/h2-7,12,19H,8-11,13-14H2,1H3. The van der Waals surface area contributed by atoms with Crippen LogP contribution in [0, 0.1) is 0 Å². The minimum Gasteiger partial charge on any atom is -0.467 e. The molecule has 2 aromatic rings. The van der Waals surface area contributed by atoms with Gasteiger partial charge in [0.25, 0.3) is 5.91 Å². The third-order valence-electron chi connectivity index (χ3n) is 5.39. The average molecular weight is 415 g/mol. The van der Waals surface area contributed by atoms with Crippen molar-refractivity contribution in [3.63, 3.8) is 0 Å². The molecule has 0 spiro atoms. The summed E-state index contributed by atoms with van der Waals surface area (Å²) in [6.07, 6.45) is 2.19. The Bertz CT molecular complexity index is 903. The van der Waals surface area contributed by atoms with E-state index in [9.17, 15) is 9.59 Å². The van der Waals surface area contributed by atoms with Gasteiger partial charge in [-0.25, -0.2) is 5.01 Å². The van der Waals surface area contributed by atoms with Crippen LogP contribution in [0.25, 0.3) is 0 Å². The molecular weight excluding hydrogens is 392 g/mol. The normalized spacial score (nSPS) is 20.1. The molecule has 2 aliphatic rings. The van der Waals surface area contributed by atoms with Crippen LogP contribution in [0.2, 0.25) is 5.02 Å². The first-order valence-electron chi connectivity index (χ1n) is 9.68. The Hall–Kier alpha value is -2.64. The van der Waals surface area contributed by atoms with Crippen LogP contribution < -0.4 is 0 Å². The summed E-state index contributed by atoms with van der Waals surface area (Å²) in [6, 6.07) is 10.9. The van der Waals surface area contributed by atoms with E-state index in [4.69, 9.17) is 16.0 Å². The number of piperazine rings is 1. The number of halogens is 1. The smallest absolute Gasteiger partial charge is 0.257 e. The maximum atomic E-state index is 13.1. The van der Waals surface area contributed by atoms with E-state index in [2.05, 4.69) is 10.0 Å². The van der Waals surface area contributed by atoms with E-state index >= 15 is 0 Å². The van der Waals surface area contributed by atoms with Crippen molar-refractivity contribution < 1.29 is 14.0 Å². The van der Waals surface area contributed by atoms with Crippen molar-refractivity contribution >= 4 is 29.1 Å². The Labute approximate surface area is 174 Å². The van der Waals surface area contributed by atoms with Gasteiger partial charge in [0.1, 0.15) is 11.8 Å². The Morgan fingerprint density at radius 1 is 1.14 bits per heavy atom. The van der Waals surface area contributed by atoms with Crippen LogP contribution in [0.1, 0.15) is 30.7 Å². The fourth-order valence-corrected chi connectivity index (χ4v) is 3.87. The molecule has 4 rings (SSSR count). The van der Waals surface area contributed by atoms with Crippen molar-refractivity contribution in [2.75, 3.05) is 32.7 Å². The molecule has 8 heteroatoms. The molecule has 1 saturated heterocycles. The summed E-state index contributed by atoms with van der Waals surface area (Å²) in [5.74, 6) is 0.713. The van der Waals surface area contributed by atoms with E-state index < -0.39 is 0 Å². The minimum absolute atomic E-state index is 0.0746. The summed E-state index contributed by atoms with van der Waals surface area (Å²) in [5, 5.41) is 6.84. The lowest BCUT2D eigenvalue weighted by Gasteiger charge is -2.34. The number of furan rings is 1. The van der Waals surface area contributed by atoms with Crippen LogP contribution in [0.4, 0.5) is 0 Å². The van der Waals surface area contributed by atoms with Gasteiger partial charge < -0.3 is 9.32 Å². The molecule has 1 aromatic carbocycles. The number of benzene rings is 1. The van der Waals surface area contributed by atoms with E-state index in [1.165, 1.54) is 0 Å². The monoisotopic (exact) mass is 414 g/mol. The summed E-state index contributed by atoms with van der Waals surface area (Å²) in [4.78, 5) is 28.5. The van der Waals surface area contributed by atoms with Gasteiger partial charge in [0.15, 0.2) is 0 Å². The van der Waals surface area contributed by atoms with Crippen LogP contribution in [0.3, 0.4) is 0 Å². The Morgan fingerprint density at radius 2 is 1.86 bits per heavy atom. The van der Waals surface area contributed by atoms with Crippen molar-refractivity contribution in [3.8, 4) is 0 Å². The zero-order chi connectivity index (χ0) is 20.4. The van der Waals surface area contributed by atoms with E-state index in [-0.39, 0.29) is 24.4 Å². The first kappa shape index (κ1) is 19.7. The molecule has 1 atom stereocenters. The number of carbonyl (C=O) groups excluding carboxylic acids is 2. The Morgan fingerprint density at radius 3 is 2.48 bits per heavy atom. The van der Waals surface area contributed by atoms with Crippen molar-refractivity contribution in [1.29, 1.82) is 0 Å². The van der Waals surface area contributed by atoms with E-state index in [0.29, 0.717) is 43.4 Å². The second kappa shape index (κ2) is 8.39. The highest BCUT2D eigenvalue weighted by atomic mass is 35.5. The molecule has 0 saturated carbocycles. The van der Waals surface area contributed by atoms with Gasteiger partial charge in [-0.1, -0.05) is 23.7 Å². The molecule has 1 unspecified atom stereocenters. The maximum Gasteiger partial charge on any atom is 0.257 e. The highest BCUT2D eigenvalue weighted by Crippen LogP contribution is 2.33. The molecule has 1 fully saturated rings. The largest absolute Gasteiger partial charge is 0.467 e. The van der Waals surface area contributed by atoms with Gasteiger partial charge in [-0.3, -0.25) is 14.5 Å². The molecule has 0 radical (unpaired) electrons. The first-order chi connectivity index (χ1) is 14.0. The molecule has 0 aliphatic carbocycles.